The van der Waals surface area contributed by atoms with E-state index >= 15 is 0 Å². The van der Waals surface area contributed by atoms with Crippen molar-refractivity contribution < 1.29 is 15.4 Å². The highest BCUT2D eigenvalue weighted by atomic mass is 79.9. The maximum atomic E-state index is 10.5. The highest BCUT2D eigenvalue weighted by Gasteiger charge is 1.98. The van der Waals surface area contributed by atoms with Crippen molar-refractivity contribution >= 4 is 36.7 Å². The predicted octanol–water partition coefficient (Wildman–Crippen LogP) is 2.82. The van der Waals surface area contributed by atoms with E-state index in [9.17, 15) is 4.79 Å². The van der Waals surface area contributed by atoms with Gasteiger partial charge in [0.05, 0.1) is 0 Å². The number of rotatable bonds is 5. The lowest BCUT2D eigenvalue weighted by molar-refractivity contribution is -0.137. The average Bonchev–Trinajstić information content (AvgIpc) is 2.00. The summed E-state index contributed by atoms with van der Waals surface area (Å²) in [6, 6.07) is 0. The second-order valence-corrected chi connectivity index (χ2v) is 9.60. The molecule has 2 atom stereocenters. The molecule has 0 aliphatic carbocycles. The fraction of sp³-hybridized carbons (Fsp3) is 0.800. The van der Waals surface area contributed by atoms with Crippen LogP contribution in [0.1, 0.15) is 24.6 Å². The molecule has 0 fully saturated rings. The minimum absolute atomic E-state index is 0.118. The minimum atomic E-state index is -2.84. The van der Waals surface area contributed by atoms with Gasteiger partial charge in [-0.05, 0) is 25.3 Å². The standard InChI is InChI=1S/C5H11BrO2P2/c6-10(9)4-2-1-3-5(7)8/h1-4,9H2,(H,7,8)/i1D2,3D2. The number of carbonyl (C=O) groups is 1. The zero-order valence-electron chi connectivity index (χ0n) is 9.17. The van der Waals surface area contributed by atoms with Crippen LogP contribution in [-0.2, 0) is 4.79 Å². The van der Waals surface area contributed by atoms with Gasteiger partial charge in [0, 0.05) is 11.9 Å². The van der Waals surface area contributed by atoms with Crippen molar-refractivity contribution in [2.24, 2.45) is 0 Å². The van der Waals surface area contributed by atoms with Crippen molar-refractivity contribution in [2.75, 3.05) is 6.16 Å². The van der Waals surface area contributed by atoms with Gasteiger partial charge in [0.15, 0.2) is 0 Å². The molecule has 0 bridgehead atoms. The Morgan fingerprint density at radius 3 is 2.90 bits per heavy atom. The highest BCUT2D eigenvalue weighted by Crippen LogP contribution is 2.52. The van der Waals surface area contributed by atoms with Crippen LogP contribution in [0.4, 0.5) is 0 Å². The second-order valence-electron chi connectivity index (χ2n) is 1.48. The first-order valence-electron chi connectivity index (χ1n) is 4.52. The molecule has 0 aromatic heterocycles. The first kappa shape index (κ1) is 5.45. The molecule has 0 amide bonds. The molecule has 0 saturated heterocycles. The van der Waals surface area contributed by atoms with Crippen LogP contribution in [0, 0.1) is 0 Å². The van der Waals surface area contributed by atoms with Crippen molar-refractivity contribution in [3.05, 3.63) is 0 Å². The van der Waals surface area contributed by atoms with Gasteiger partial charge in [0.25, 0.3) is 0 Å². The molecule has 60 valence electrons. The maximum absolute atomic E-state index is 10.5. The van der Waals surface area contributed by atoms with Gasteiger partial charge in [0.2, 0.25) is 0 Å². The van der Waals surface area contributed by atoms with Crippen molar-refractivity contribution in [2.45, 2.75) is 19.2 Å². The Morgan fingerprint density at radius 1 is 1.90 bits per heavy atom. The topological polar surface area (TPSA) is 37.3 Å². The molecule has 0 aromatic rings. The molecule has 0 aromatic carbocycles. The van der Waals surface area contributed by atoms with Crippen LogP contribution in [0.2, 0.25) is 0 Å². The maximum Gasteiger partial charge on any atom is 0.303 e. The number of hydrogen-bond donors (Lipinski definition) is 1. The van der Waals surface area contributed by atoms with E-state index in [0.29, 0.717) is 6.16 Å². The molecule has 10 heavy (non-hydrogen) atoms. The minimum Gasteiger partial charge on any atom is -0.481 e. The Hall–Kier alpha value is 0.810. The molecular formula is C5H11BrO2P2. The summed E-state index contributed by atoms with van der Waals surface area (Å²) in [6.45, 7) is 0. The van der Waals surface area contributed by atoms with Crippen LogP contribution in [0.25, 0.3) is 0 Å². The van der Waals surface area contributed by atoms with Crippen molar-refractivity contribution in [3.8, 4) is 0 Å². The van der Waals surface area contributed by atoms with E-state index in [0.717, 1.165) is 0 Å². The molecule has 2 nitrogen and oxygen atoms in total. The Balaban J connectivity index is 4.52. The zero-order valence-corrected chi connectivity index (χ0v) is 8.81. The number of aliphatic carboxylic acids is 1. The Labute approximate surface area is 78.0 Å². The summed E-state index contributed by atoms with van der Waals surface area (Å²) >= 11 is 3.22. The molecule has 0 spiro atoms. The van der Waals surface area contributed by atoms with Gasteiger partial charge in [-0.1, -0.05) is 24.4 Å². The van der Waals surface area contributed by atoms with Gasteiger partial charge in [-0.3, -0.25) is 4.79 Å². The molecule has 2 unspecified atom stereocenters. The zero-order chi connectivity index (χ0) is 11.6. The summed E-state index contributed by atoms with van der Waals surface area (Å²) in [6.07, 6.45) is -5.48. The smallest absolute Gasteiger partial charge is 0.303 e. The number of hydrogen-bond acceptors (Lipinski definition) is 1. The first-order valence-corrected chi connectivity index (χ1v) is 7.69. The van der Waals surface area contributed by atoms with Crippen molar-refractivity contribution in [1.29, 1.82) is 0 Å². The monoisotopic (exact) mass is 248 g/mol. The van der Waals surface area contributed by atoms with Gasteiger partial charge in [0.1, 0.15) is 0 Å². The van der Waals surface area contributed by atoms with Gasteiger partial charge in [-0.15, -0.1) is 0 Å². The molecule has 5 heteroatoms. The molecule has 1 N–H and O–H groups in total. The SMILES string of the molecule is [2H]C([2H])(CCP(P)Br)C([2H])([2H])C(=O)O. The Bertz CT molecular complexity index is 224. The third-order valence-corrected chi connectivity index (χ3v) is 3.14. The Kier molecular flexibility index (Phi) is 3.55. The van der Waals surface area contributed by atoms with Gasteiger partial charge in [-0.2, -0.15) is 0 Å². The van der Waals surface area contributed by atoms with E-state index in [1.54, 1.807) is 0 Å². The number of carboxylic acids is 1. The lowest BCUT2D eigenvalue weighted by Crippen LogP contribution is -1.93. The normalized spacial score (nSPS) is 21.8. The summed E-state index contributed by atoms with van der Waals surface area (Å²) in [4.78, 5) is 10.5. The average molecular weight is 249 g/mol. The third-order valence-electron chi connectivity index (χ3n) is 0.646. The van der Waals surface area contributed by atoms with Gasteiger partial charge < -0.3 is 5.11 Å². The van der Waals surface area contributed by atoms with E-state index in [-0.39, 0.29) is 6.42 Å². The van der Waals surface area contributed by atoms with Crippen molar-refractivity contribution in [1.82, 2.24) is 0 Å². The fourth-order valence-electron chi connectivity index (χ4n) is 0.301. The first-order chi connectivity index (χ1) is 6.11. The van der Waals surface area contributed by atoms with Gasteiger partial charge in [-0.25, -0.2) is 0 Å². The molecule has 0 aliphatic rings. The lowest BCUT2D eigenvalue weighted by Gasteiger charge is -1.99. The highest BCUT2D eigenvalue weighted by molar-refractivity contribution is 9.44. The van der Waals surface area contributed by atoms with Crippen molar-refractivity contribution in [3.63, 3.8) is 0 Å². The summed E-state index contributed by atoms with van der Waals surface area (Å²) in [5.74, 6) is -1.76. The summed E-state index contributed by atoms with van der Waals surface area (Å²) in [5.41, 5.74) is 0. The van der Waals surface area contributed by atoms with Gasteiger partial charge >= 0.3 is 5.97 Å². The molecular weight excluding hydrogens is 234 g/mol. The largest absolute Gasteiger partial charge is 0.481 e. The van der Waals surface area contributed by atoms with E-state index in [4.69, 9.17) is 10.6 Å². The van der Waals surface area contributed by atoms with E-state index in [1.165, 1.54) is 0 Å². The molecule has 0 radical (unpaired) electrons. The number of carboxylic acid groups (broad SMARTS) is 1. The fourth-order valence-corrected chi connectivity index (χ4v) is 1.55. The summed E-state index contributed by atoms with van der Waals surface area (Å²) in [7, 11) is 2.45. The molecule has 0 saturated carbocycles. The summed E-state index contributed by atoms with van der Waals surface area (Å²) < 4.78 is 28.9. The molecule has 0 heterocycles. The second kappa shape index (κ2) is 6.52. The van der Waals surface area contributed by atoms with E-state index in [1.807, 2.05) is 0 Å². The summed E-state index contributed by atoms with van der Waals surface area (Å²) in [5, 5.41) is 8.52. The van der Waals surface area contributed by atoms with Crippen LogP contribution in [0.5, 0.6) is 0 Å². The molecule has 0 rings (SSSR count). The lowest BCUT2D eigenvalue weighted by atomic mass is 10.3. The van der Waals surface area contributed by atoms with Crippen LogP contribution >= 0.6 is 30.7 Å². The van der Waals surface area contributed by atoms with Crippen LogP contribution in [0.15, 0.2) is 0 Å². The van der Waals surface area contributed by atoms with Crippen LogP contribution in [0.3, 0.4) is 0 Å². The third kappa shape index (κ3) is 8.81. The molecule has 0 aliphatic heterocycles. The Morgan fingerprint density at radius 2 is 2.50 bits per heavy atom. The number of halogens is 1. The van der Waals surface area contributed by atoms with Crippen LogP contribution < -0.4 is 0 Å². The predicted molar refractivity (Wildman–Crippen MR) is 51.9 cm³/mol. The van der Waals surface area contributed by atoms with E-state index < -0.39 is 25.0 Å². The van der Waals surface area contributed by atoms with E-state index in [2.05, 4.69) is 24.4 Å². The van der Waals surface area contributed by atoms with Crippen LogP contribution in [-0.4, -0.2) is 17.2 Å². The quantitative estimate of drug-likeness (QED) is 0.760.